The first-order valence-electron chi connectivity index (χ1n) is 9.66. The number of carbonyl (C=O) groups excluding carboxylic acids is 3. The Balaban J connectivity index is 1.99. The number of nitrogens with zero attached hydrogens (tertiary/aromatic N) is 1. The number of benzene rings is 1. The lowest BCUT2D eigenvalue weighted by Gasteiger charge is -2.40. The summed E-state index contributed by atoms with van der Waals surface area (Å²) in [6.45, 7) is 3.14. The summed E-state index contributed by atoms with van der Waals surface area (Å²) in [7, 11) is 1.34. The van der Waals surface area contributed by atoms with E-state index in [0.717, 1.165) is 5.56 Å². The van der Waals surface area contributed by atoms with Gasteiger partial charge in [0.2, 0.25) is 5.91 Å². The zero-order chi connectivity index (χ0) is 20.6. The Morgan fingerprint density at radius 3 is 2.32 bits per heavy atom. The van der Waals surface area contributed by atoms with Gasteiger partial charge in [0, 0.05) is 31.0 Å². The molecule has 0 bridgehead atoms. The zero-order valence-corrected chi connectivity index (χ0v) is 17.3. The molecule has 0 aromatic heterocycles. The normalized spacial score (nSPS) is 15.8. The number of ether oxygens (including phenoxy) is 2. The van der Waals surface area contributed by atoms with Crippen LogP contribution in [0.15, 0.2) is 24.3 Å². The molecule has 0 atom stereocenters. The number of likely N-dealkylation sites (tertiary alicyclic amines) is 1. The largest absolute Gasteiger partial charge is 0.469 e. The topological polar surface area (TPSA) is 72.9 Å². The smallest absolute Gasteiger partial charge is 0.312 e. The maximum atomic E-state index is 12.7. The highest BCUT2D eigenvalue weighted by molar-refractivity contribution is 6.30. The van der Waals surface area contributed by atoms with Crippen molar-refractivity contribution in [3.8, 4) is 0 Å². The van der Waals surface area contributed by atoms with Crippen LogP contribution < -0.4 is 0 Å². The van der Waals surface area contributed by atoms with E-state index in [-0.39, 0.29) is 24.3 Å². The monoisotopic (exact) mass is 409 g/mol. The highest BCUT2D eigenvalue weighted by atomic mass is 35.5. The summed E-state index contributed by atoms with van der Waals surface area (Å²) in [5.74, 6) is -0.508. The second kappa shape index (κ2) is 10.5. The van der Waals surface area contributed by atoms with E-state index in [2.05, 4.69) is 4.74 Å². The third-order valence-corrected chi connectivity index (χ3v) is 5.49. The van der Waals surface area contributed by atoms with Crippen LogP contribution in [0.3, 0.4) is 0 Å². The molecule has 1 aliphatic heterocycles. The zero-order valence-electron chi connectivity index (χ0n) is 16.5. The van der Waals surface area contributed by atoms with Gasteiger partial charge in [0.15, 0.2) is 0 Å². The van der Waals surface area contributed by atoms with Crippen LogP contribution in [0.5, 0.6) is 0 Å². The molecule has 1 aromatic carbocycles. The minimum Gasteiger partial charge on any atom is -0.469 e. The quantitative estimate of drug-likeness (QED) is 0.615. The molecule has 1 heterocycles. The molecule has 0 spiro atoms. The molecule has 1 aromatic rings. The molecule has 0 radical (unpaired) electrons. The first kappa shape index (κ1) is 22.2. The van der Waals surface area contributed by atoms with Crippen molar-refractivity contribution in [1.29, 1.82) is 0 Å². The molecule has 0 saturated carbocycles. The molecule has 0 N–H and O–H groups in total. The van der Waals surface area contributed by atoms with E-state index in [9.17, 15) is 14.4 Å². The van der Waals surface area contributed by atoms with Gasteiger partial charge in [-0.05, 0) is 50.3 Å². The predicted octanol–water partition coefficient (Wildman–Crippen LogP) is 3.40. The Morgan fingerprint density at radius 1 is 1.11 bits per heavy atom. The highest BCUT2D eigenvalue weighted by Crippen LogP contribution is 2.37. The minimum absolute atomic E-state index is 0.00727. The third-order valence-electron chi connectivity index (χ3n) is 5.24. The van der Waals surface area contributed by atoms with Gasteiger partial charge in [-0.25, -0.2) is 0 Å². The van der Waals surface area contributed by atoms with E-state index in [0.29, 0.717) is 56.8 Å². The van der Waals surface area contributed by atoms with Crippen molar-refractivity contribution in [3.05, 3.63) is 34.9 Å². The Bertz CT molecular complexity index is 681. The van der Waals surface area contributed by atoms with Gasteiger partial charge < -0.3 is 14.4 Å². The Morgan fingerprint density at radius 2 is 1.75 bits per heavy atom. The molecular formula is C21H28ClNO5. The number of carbonyl (C=O) groups is 3. The van der Waals surface area contributed by atoms with Gasteiger partial charge in [0.1, 0.15) is 0 Å². The van der Waals surface area contributed by atoms with E-state index in [1.54, 1.807) is 11.8 Å². The van der Waals surface area contributed by atoms with Crippen molar-refractivity contribution in [1.82, 2.24) is 4.90 Å². The number of methoxy groups -OCH3 is 1. The third kappa shape index (κ3) is 5.96. The molecule has 1 fully saturated rings. The molecule has 6 nitrogen and oxygen atoms in total. The standard InChI is InChI=1S/C21H28ClNO5/c1-3-28-20(26)21(15-16-7-9-17(22)10-8-16)11-13-23(14-12-21)18(24)5-4-6-19(25)27-2/h7-10H,3-6,11-15H2,1-2H3. The average Bonchev–Trinajstić information content (AvgIpc) is 2.70. The fraction of sp³-hybridized carbons (Fsp3) is 0.571. The lowest BCUT2D eigenvalue weighted by Crippen LogP contribution is -2.48. The Kier molecular flexibility index (Phi) is 8.30. The van der Waals surface area contributed by atoms with Crippen molar-refractivity contribution >= 4 is 29.4 Å². The number of hydrogen-bond donors (Lipinski definition) is 0. The molecule has 154 valence electrons. The van der Waals surface area contributed by atoms with Crippen LogP contribution in [0, 0.1) is 5.41 Å². The van der Waals surface area contributed by atoms with Gasteiger partial charge in [-0.1, -0.05) is 23.7 Å². The van der Waals surface area contributed by atoms with Crippen LogP contribution in [0.4, 0.5) is 0 Å². The molecule has 0 unspecified atom stereocenters. The van der Waals surface area contributed by atoms with Crippen molar-refractivity contribution in [2.45, 2.75) is 45.4 Å². The Labute approximate surface area is 171 Å². The number of rotatable bonds is 8. The van der Waals surface area contributed by atoms with Crippen LogP contribution in [-0.2, 0) is 30.3 Å². The van der Waals surface area contributed by atoms with Crippen LogP contribution in [-0.4, -0.2) is 49.6 Å². The highest BCUT2D eigenvalue weighted by Gasteiger charge is 2.43. The number of amides is 1. The van der Waals surface area contributed by atoms with Gasteiger partial charge in [-0.15, -0.1) is 0 Å². The molecule has 2 rings (SSSR count). The summed E-state index contributed by atoms with van der Waals surface area (Å²) in [4.78, 5) is 38.1. The molecule has 1 aliphatic rings. The van der Waals surface area contributed by atoms with Gasteiger partial charge in [0.05, 0.1) is 19.1 Å². The summed E-state index contributed by atoms with van der Waals surface area (Å²) < 4.78 is 9.95. The lowest BCUT2D eigenvalue weighted by molar-refractivity contribution is -0.160. The van der Waals surface area contributed by atoms with Crippen molar-refractivity contribution in [3.63, 3.8) is 0 Å². The Hall–Kier alpha value is -2.08. The minimum atomic E-state index is -0.632. The summed E-state index contributed by atoms with van der Waals surface area (Å²) in [6.07, 6.45) is 2.68. The van der Waals surface area contributed by atoms with E-state index < -0.39 is 5.41 Å². The maximum absolute atomic E-state index is 12.7. The van der Waals surface area contributed by atoms with E-state index in [4.69, 9.17) is 16.3 Å². The van der Waals surface area contributed by atoms with E-state index in [1.807, 2.05) is 24.3 Å². The number of hydrogen-bond acceptors (Lipinski definition) is 5. The SMILES string of the molecule is CCOC(=O)C1(Cc2ccc(Cl)cc2)CCN(C(=O)CCCC(=O)OC)CC1. The number of piperidine rings is 1. The second-order valence-electron chi connectivity index (χ2n) is 7.11. The van der Waals surface area contributed by atoms with Gasteiger partial charge in [-0.2, -0.15) is 0 Å². The molecular weight excluding hydrogens is 382 g/mol. The maximum Gasteiger partial charge on any atom is 0.312 e. The van der Waals surface area contributed by atoms with Crippen LogP contribution in [0.1, 0.15) is 44.6 Å². The second-order valence-corrected chi connectivity index (χ2v) is 7.55. The van der Waals surface area contributed by atoms with Crippen molar-refractivity contribution in [2.75, 3.05) is 26.8 Å². The fourth-order valence-electron chi connectivity index (χ4n) is 3.56. The molecule has 0 aliphatic carbocycles. The summed E-state index contributed by atoms with van der Waals surface area (Å²) in [6, 6.07) is 7.48. The lowest BCUT2D eigenvalue weighted by atomic mass is 9.73. The fourth-order valence-corrected chi connectivity index (χ4v) is 3.68. The van der Waals surface area contributed by atoms with Crippen LogP contribution in [0.25, 0.3) is 0 Å². The number of esters is 2. The molecule has 1 saturated heterocycles. The van der Waals surface area contributed by atoms with Gasteiger partial charge >= 0.3 is 11.9 Å². The van der Waals surface area contributed by atoms with E-state index in [1.165, 1.54) is 7.11 Å². The molecule has 28 heavy (non-hydrogen) atoms. The average molecular weight is 410 g/mol. The van der Waals surface area contributed by atoms with Crippen molar-refractivity contribution in [2.24, 2.45) is 5.41 Å². The summed E-state index contributed by atoms with van der Waals surface area (Å²) >= 11 is 5.96. The summed E-state index contributed by atoms with van der Waals surface area (Å²) in [5, 5.41) is 0.654. The molecule has 7 heteroatoms. The predicted molar refractivity (Wildman–Crippen MR) is 106 cm³/mol. The van der Waals surface area contributed by atoms with Crippen molar-refractivity contribution < 1.29 is 23.9 Å². The van der Waals surface area contributed by atoms with Gasteiger partial charge in [0.25, 0.3) is 0 Å². The van der Waals surface area contributed by atoms with E-state index >= 15 is 0 Å². The first-order valence-corrected chi connectivity index (χ1v) is 10.0. The molecule has 1 amide bonds. The van der Waals surface area contributed by atoms with Crippen LogP contribution in [0.2, 0.25) is 5.02 Å². The summed E-state index contributed by atoms with van der Waals surface area (Å²) in [5.41, 5.74) is 0.391. The van der Waals surface area contributed by atoms with Crippen LogP contribution >= 0.6 is 11.6 Å². The first-order chi connectivity index (χ1) is 13.4. The van der Waals surface area contributed by atoms with Gasteiger partial charge in [-0.3, -0.25) is 14.4 Å². The number of halogens is 1.